The van der Waals surface area contributed by atoms with E-state index in [9.17, 15) is 0 Å². The van der Waals surface area contributed by atoms with Gasteiger partial charge in [0.2, 0.25) is 0 Å². The van der Waals surface area contributed by atoms with Gasteiger partial charge in [0, 0.05) is 17.1 Å². The Morgan fingerprint density at radius 1 is 1.43 bits per heavy atom. The molecule has 0 saturated carbocycles. The Morgan fingerprint density at radius 3 is 1.43 bits per heavy atom. The topological polar surface area (TPSA) is 54.4 Å². The van der Waals surface area contributed by atoms with E-state index in [0.717, 1.165) is 0 Å². The molecule has 0 fully saturated rings. The third-order valence-corrected chi connectivity index (χ3v) is 0. The monoisotopic (exact) mass is 201 g/mol. The summed E-state index contributed by atoms with van der Waals surface area (Å²) >= 11 is 2.65. The van der Waals surface area contributed by atoms with Gasteiger partial charge in [-0.2, -0.15) is 8.42 Å². The fourth-order valence-corrected chi connectivity index (χ4v) is 0. The molecular weight excluding hydrogens is 199 g/mol. The van der Waals surface area contributed by atoms with E-state index in [4.69, 9.17) is 13.0 Å². The van der Waals surface area contributed by atoms with Gasteiger partial charge in [0.15, 0.2) is 0 Å². The van der Waals surface area contributed by atoms with Gasteiger partial charge in [-0.1, -0.05) is 0 Å². The molecule has 0 heterocycles. The molecule has 3 nitrogen and oxygen atoms in total. The normalized spacial score (nSPS) is 8.29. The first kappa shape index (κ1) is 15.9. The van der Waals surface area contributed by atoms with Crippen LogP contribution in [0, 0.1) is 0 Å². The van der Waals surface area contributed by atoms with Crippen LogP contribution in [0.3, 0.4) is 0 Å². The summed E-state index contributed by atoms with van der Waals surface area (Å²) in [6, 6.07) is 0. The molecule has 7 heteroatoms. The van der Waals surface area contributed by atoms with E-state index in [1.54, 1.807) is 0 Å². The van der Waals surface area contributed by atoms with E-state index >= 15 is 0 Å². The van der Waals surface area contributed by atoms with Crippen molar-refractivity contribution in [1.82, 2.24) is 0 Å². The summed E-state index contributed by atoms with van der Waals surface area (Å²) in [6.07, 6.45) is 0. The minimum absolute atomic E-state index is 0. The van der Waals surface area contributed by atoms with Crippen LogP contribution in [-0.2, 0) is 26.2 Å². The Labute approximate surface area is 79.6 Å². The van der Waals surface area contributed by atoms with Crippen LogP contribution in [0.1, 0.15) is 0 Å². The van der Waals surface area contributed by atoms with Crippen LogP contribution in [0.25, 0.3) is 0 Å². The van der Waals surface area contributed by atoms with Crippen molar-refractivity contribution in [3.05, 3.63) is 0 Å². The zero-order valence-electron chi connectivity index (χ0n) is 2.42. The van der Waals surface area contributed by atoms with Crippen molar-refractivity contribution in [2.24, 2.45) is 0 Å². The molecule has 0 aromatic rings. The van der Waals surface area contributed by atoms with Gasteiger partial charge in [-0.15, -0.1) is 0 Å². The molecule has 0 amide bonds. The summed E-state index contributed by atoms with van der Waals surface area (Å²) in [7, 11) is -3.97. The fourth-order valence-electron chi connectivity index (χ4n) is 0. The molecule has 0 aromatic carbocycles. The summed E-state index contributed by atoms with van der Waals surface area (Å²) in [5.74, 6) is 0. The zero-order valence-corrected chi connectivity index (χ0v) is 5.07. The van der Waals surface area contributed by atoms with Crippen molar-refractivity contribution in [1.29, 1.82) is 0 Å². The molecule has 0 aliphatic carbocycles. The van der Waals surface area contributed by atoms with Gasteiger partial charge in [-0.3, -0.25) is 4.55 Å². The first-order valence-corrected chi connectivity index (χ1v) is 3.19. The third-order valence-electron chi connectivity index (χ3n) is 0. The molecule has 45 valence electrons. The third kappa shape index (κ3) is 82.1. The minimum atomic E-state index is -3.97. The standard InChI is InChI=1S/Cu.Na.H2O3S2.H/c;;1-5(2,3)4;/h;;(H2,1,2,3,4);. The second kappa shape index (κ2) is 5.91. The number of hydrogen-bond acceptors (Lipinski definition) is 2. The molecule has 0 unspecified atom stereocenters. The number of thiol groups is 1. The Balaban J connectivity index is -0.0000000800. The maximum atomic E-state index is 9.05. The Bertz CT molecular complexity index is 96.1. The average molecular weight is 202 g/mol. The molecule has 0 atom stereocenters. The fraction of sp³-hybridized carbons (Fsp3) is 0. The molecule has 0 aliphatic heterocycles. The molecule has 0 spiro atoms. The van der Waals surface area contributed by atoms with Gasteiger partial charge in [0.1, 0.15) is 0 Å². The Hall–Kier alpha value is 1.78. The van der Waals surface area contributed by atoms with E-state index in [1.165, 1.54) is 0 Å². The van der Waals surface area contributed by atoms with E-state index in [-0.39, 0.29) is 46.6 Å². The molecule has 1 N–H and O–H groups in total. The molecule has 0 rings (SSSR count). The molecule has 0 saturated heterocycles. The summed E-state index contributed by atoms with van der Waals surface area (Å²) in [4.78, 5) is 0. The maximum absolute atomic E-state index is 9.05. The predicted octanol–water partition coefficient (Wildman–Crippen LogP) is -0.932. The summed E-state index contributed by atoms with van der Waals surface area (Å²) in [5, 5.41) is 0. The van der Waals surface area contributed by atoms with E-state index in [1.807, 2.05) is 0 Å². The van der Waals surface area contributed by atoms with E-state index in [2.05, 4.69) is 11.7 Å². The molecule has 0 aliphatic rings. The first-order chi connectivity index (χ1) is 2.00. The van der Waals surface area contributed by atoms with Crippen molar-refractivity contribution in [2.45, 2.75) is 0 Å². The van der Waals surface area contributed by atoms with Crippen LogP contribution in [0.5, 0.6) is 0 Å². The summed E-state index contributed by atoms with van der Waals surface area (Å²) in [6.45, 7) is 0. The second-order valence-corrected chi connectivity index (χ2v) is 2.73. The van der Waals surface area contributed by atoms with Gasteiger partial charge in [-0.05, 0) is 11.7 Å². The van der Waals surface area contributed by atoms with Crippen molar-refractivity contribution >= 4 is 50.4 Å². The van der Waals surface area contributed by atoms with Gasteiger partial charge in [-0.25, -0.2) is 0 Å². The zero-order chi connectivity index (χ0) is 4.50. The Morgan fingerprint density at radius 2 is 1.43 bits per heavy atom. The van der Waals surface area contributed by atoms with Gasteiger partial charge >= 0.3 is 38.7 Å². The van der Waals surface area contributed by atoms with Crippen molar-refractivity contribution in [2.75, 3.05) is 0 Å². The van der Waals surface area contributed by atoms with Gasteiger partial charge < -0.3 is 0 Å². The Kier molecular flexibility index (Phi) is 13.4. The SMILES string of the molecule is O=S(=O)(O)S.[Cu].[NaH]. The van der Waals surface area contributed by atoms with Crippen LogP contribution in [0.4, 0.5) is 0 Å². The van der Waals surface area contributed by atoms with Crippen molar-refractivity contribution < 1.29 is 30.0 Å². The van der Waals surface area contributed by atoms with Crippen LogP contribution in [0.2, 0.25) is 0 Å². The van der Waals surface area contributed by atoms with Crippen molar-refractivity contribution in [3.63, 3.8) is 0 Å². The van der Waals surface area contributed by atoms with E-state index in [0.29, 0.717) is 0 Å². The van der Waals surface area contributed by atoms with Crippen LogP contribution >= 0.6 is 11.7 Å². The molecule has 0 bridgehead atoms. The molecule has 7 heavy (non-hydrogen) atoms. The number of hydrogen-bond donors (Lipinski definition) is 2. The van der Waals surface area contributed by atoms with E-state index < -0.39 is 9.15 Å². The molecule has 1 radical (unpaired) electrons. The van der Waals surface area contributed by atoms with Crippen molar-refractivity contribution in [3.8, 4) is 0 Å². The van der Waals surface area contributed by atoms with Gasteiger partial charge in [0.05, 0.1) is 0 Å². The first-order valence-electron chi connectivity index (χ1n) is 0.698. The summed E-state index contributed by atoms with van der Waals surface area (Å²) in [5.41, 5.74) is 0. The predicted molar refractivity (Wildman–Crippen MR) is 27.7 cm³/mol. The van der Waals surface area contributed by atoms with Gasteiger partial charge in [0.25, 0.3) is 0 Å². The quantitative estimate of drug-likeness (QED) is 0.231. The molecular formula is H3CuNaO3S2. The summed E-state index contributed by atoms with van der Waals surface area (Å²) < 4.78 is 25.5. The average Bonchev–Trinajstić information content (AvgIpc) is 0.722. The second-order valence-electron chi connectivity index (χ2n) is 0.448. The van der Waals surface area contributed by atoms with Crippen LogP contribution in [-0.4, -0.2) is 42.5 Å². The number of rotatable bonds is 0. The van der Waals surface area contributed by atoms with Crippen LogP contribution < -0.4 is 0 Å². The molecule has 0 aromatic heterocycles. The van der Waals surface area contributed by atoms with Crippen LogP contribution in [0.15, 0.2) is 0 Å².